The van der Waals surface area contributed by atoms with Crippen LogP contribution in [0.4, 0.5) is 0 Å². The van der Waals surface area contributed by atoms with Gasteiger partial charge in [0, 0.05) is 26.5 Å². The van der Waals surface area contributed by atoms with Crippen molar-refractivity contribution in [3.8, 4) is 0 Å². The minimum atomic E-state index is -0.188. The van der Waals surface area contributed by atoms with Crippen LogP contribution in [0.5, 0.6) is 0 Å². The highest BCUT2D eigenvalue weighted by atomic mass is 16.5. The molecular formula is C21H28N5O4+. The summed E-state index contributed by atoms with van der Waals surface area (Å²) >= 11 is 0. The van der Waals surface area contributed by atoms with Gasteiger partial charge in [-0.3, -0.25) is 14.0 Å². The normalized spacial score (nSPS) is 15.1. The quantitative estimate of drug-likeness (QED) is 0.477. The van der Waals surface area contributed by atoms with Crippen molar-refractivity contribution in [2.24, 2.45) is 0 Å². The van der Waals surface area contributed by atoms with E-state index in [2.05, 4.69) is 10.3 Å². The number of nitrogens with one attached hydrogen (secondary N) is 2. The minimum Gasteiger partial charge on any atom is -0.385 e. The molecule has 0 saturated carbocycles. The van der Waals surface area contributed by atoms with E-state index in [1.807, 2.05) is 10.6 Å². The first kappa shape index (κ1) is 20.5. The first-order valence-corrected chi connectivity index (χ1v) is 10.4. The molecule has 1 aliphatic rings. The highest BCUT2D eigenvalue weighted by Gasteiger charge is 2.20. The van der Waals surface area contributed by atoms with Gasteiger partial charge in [-0.05, 0) is 24.6 Å². The molecule has 0 aliphatic carbocycles. The van der Waals surface area contributed by atoms with Gasteiger partial charge in [0.15, 0.2) is 0 Å². The van der Waals surface area contributed by atoms with E-state index in [0.29, 0.717) is 48.5 Å². The van der Waals surface area contributed by atoms with Crippen LogP contribution in [0.25, 0.3) is 16.7 Å². The Kier molecular flexibility index (Phi) is 6.41. The monoisotopic (exact) mass is 414 g/mol. The molecule has 1 fully saturated rings. The van der Waals surface area contributed by atoms with E-state index in [4.69, 9.17) is 9.47 Å². The Labute approximate surface area is 174 Å². The lowest BCUT2D eigenvalue weighted by Gasteiger charge is -2.23. The zero-order valence-electron chi connectivity index (χ0n) is 17.2. The van der Waals surface area contributed by atoms with E-state index in [9.17, 15) is 9.59 Å². The van der Waals surface area contributed by atoms with E-state index >= 15 is 0 Å². The summed E-state index contributed by atoms with van der Waals surface area (Å²) in [6.45, 7) is 5.98. The third kappa shape index (κ3) is 4.23. The second-order valence-electron chi connectivity index (χ2n) is 7.48. The molecule has 160 valence electrons. The van der Waals surface area contributed by atoms with E-state index in [1.54, 1.807) is 31.5 Å². The molecule has 0 radical (unpaired) electrons. The maximum atomic E-state index is 13.0. The van der Waals surface area contributed by atoms with Crippen molar-refractivity contribution in [2.45, 2.75) is 13.0 Å². The number of carbonyl (C=O) groups is 1. The van der Waals surface area contributed by atoms with Crippen molar-refractivity contribution in [2.75, 3.05) is 53.1 Å². The van der Waals surface area contributed by atoms with Crippen molar-refractivity contribution in [1.29, 1.82) is 0 Å². The summed E-state index contributed by atoms with van der Waals surface area (Å²) in [5.41, 5.74) is 1.38. The summed E-state index contributed by atoms with van der Waals surface area (Å²) < 4.78 is 13.9. The summed E-state index contributed by atoms with van der Waals surface area (Å²) in [7, 11) is 1.65. The molecule has 3 aromatic heterocycles. The number of pyridine rings is 1. The summed E-state index contributed by atoms with van der Waals surface area (Å²) in [5, 5.41) is 3.45. The second kappa shape index (κ2) is 9.38. The largest absolute Gasteiger partial charge is 0.385 e. The molecule has 1 aliphatic heterocycles. The molecule has 0 unspecified atom stereocenters. The van der Waals surface area contributed by atoms with Gasteiger partial charge in [0.2, 0.25) is 0 Å². The van der Waals surface area contributed by atoms with Gasteiger partial charge in [-0.15, -0.1) is 0 Å². The third-order valence-electron chi connectivity index (χ3n) is 5.50. The molecule has 30 heavy (non-hydrogen) atoms. The SMILES string of the molecule is COCCCn1c(C(=O)NCC[NH+]2CCOCC2)cc2c(=O)n3ccccc3nc21. The number of hydrogen-bond donors (Lipinski definition) is 2. The molecule has 3 aromatic rings. The molecule has 4 rings (SSSR count). The summed E-state index contributed by atoms with van der Waals surface area (Å²) in [6.07, 6.45) is 2.41. The number of rotatable bonds is 8. The molecule has 2 N–H and O–H groups in total. The highest BCUT2D eigenvalue weighted by Crippen LogP contribution is 2.17. The average molecular weight is 414 g/mol. The topological polar surface area (TPSA) is 91.3 Å². The minimum absolute atomic E-state index is 0.173. The second-order valence-corrected chi connectivity index (χ2v) is 7.48. The number of quaternary nitrogens is 1. The van der Waals surface area contributed by atoms with Crippen LogP contribution < -0.4 is 15.8 Å². The number of nitrogens with zero attached hydrogens (tertiary/aromatic N) is 3. The average Bonchev–Trinajstić information content (AvgIpc) is 3.14. The fourth-order valence-electron chi connectivity index (χ4n) is 3.89. The predicted molar refractivity (Wildman–Crippen MR) is 112 cm³/mol. The fraction of sp³-hybridized carbons (Fsp3) is 0.476. The van der Waals surface area contributed by atoms with Gasteiger partial charge >= 0.3 is 0 Å². The number of carbonyl (C=O) groups excluding carboxylic acids is 1. The van der Waals surface area contributed by atoms with E-state index in [1.165, 1.54) is 9.30 Å². The molecule has 4 heterocycles. The third-order valence-corrected chi connectivity index (χ3v) is 5.50. The van der Waals surface area contributed by atoms with Crippen LogP contribution in [0.1, 0.15) is 16.9 Å². The molecule has 9 nitrogen and oxygen atoms in total. The van der Waals surface area contributed by atoms with Crippen LogP contribution in [0.2, 0.25) is 0 Å². The smallest absolute Gasteiger partial charge is 0.268 e. The zero-order chi connectivity index (χ0) is 20.9. The van der Waals surface area contributed by atoms with E-state index < -0.39 is 0 Å². The number of hydrogen-bond acceptors (Lipinski definition) is 5. The summed E-state index contributed by atoms with van der Waals surface area (Å²) in [5.74, 6) is -0.188. The van der Waals surface area contributed by atoms with Crippen LogP contribution in [0.3, 0.4) is 0 Å². The van der Waals surface area contributed by atoms with Crippen molar-refractivity contribution < 1.29 is 19.2 Å². The molecule has 0 bridgehead atoms. The Balaban J connectivity index is 1.62. The van der Waals surface area contributed by atoms with Crippen molar-refractivity contribution in [3.63, 3.8) is 0 Å². The van der Waals surface area contributed by atoms with Crippen LogP contribution in [-0.4, -0.2) is 73.0 Å². The number of amides is 1. The Bertz CT molecular complexity index is 1080. The van der Waals surface area contributed by atoms with Crippen LogP contribution in [-0.2, 0) is 16.0 Å². The highest BCUT2D eigenvalue weighted by molar-refractivity contribution is 5.98. The zero-order valence-corrected chi connectivity index (χ0v) is 17.2. The van der Waals surface area contributed by atoms with Gasteiger partial charge < -0.3 is 24.3 Å². The van der Waals surface area contributed by atoms with E-state index in [-0.39, 0.29) is 11.5 Å². The van der Waals surface area contributed by atoms with Gasteiger partial charge in [0.05, 0.1) is 31.7 Å². The van der Waals surface area contributed by atoms with Crippen molar-refractivity contribution in [1.82, 2.24) is 19.3 Å². The molecule has 9 heteroatoms. The van der Waals surface area contributed by atoms with Crippen LogP contribution in [0.15, 0.2) is 35.3 Å². The van der Waals surface area contributed by atoms with Crippen LogP contribution in [0, 0.1) is 0 Å². The Morgan fingerprint density at radius 3 is 2.97 bits per heavy atom. The number of ether oxygens (including phenoxy) is 2. The van der Waals surface area contributed by atoms with Gasteiger partial charge in [0.25, 0.3) is 11.5 Å². The standard InChI is InChI=1S/C21H27N5O4/c1-29-12-4-8-25-17(20(27)22-6-9-24-10-13-30-14-11-24)15-16-19(25)23-18-5-2-3-7-26(18)21(16)28/h2-3,5,7,15H,4,6,8-14H2,1H3,(H,22,27)/p+1. The van der Waals surface area contributed by atoms with Gasteiger partial charge in [-0.2, -0.15) is 0 Å². The predicted octanol–water partition coefficient (Wildman–Crippen LogP) is -0.669. The van der Waals surface area contributed by atoms with Crippen molar-refractivity contribution in [3.05, 3.63) is 46.5 Å². The Morgan fingerprint density at radius 1 is 1.33 bits per heavy atom. The summed E-state index contributed by atoms with van der Waals surface area (Å²) in [4.78, 5) is 32.0. The molecule has 1 saturated heterocycles. The first-order valence-electron chi connectivity index (χ1n) is 10.4. The lowest BCUT2D eigenvalue weighted by molar-refractivity contribution is -0.906. The number of aryl methyl sites for hydroxylation is 1. The molecule has 0 atom stereocenters. The Morgan fingerprint density at radius 2 is 2.17 bits per heavy atom. The Hall–Kier alpha value is -2.75. The number of fused-ring (bicyclic) bond motifs is 2. The molecule has 0 aromatic carbocycles. The number of aromatic nitrogens is 3. The van der Waals surface area contributed by atoms with Crippen molar-refractivity contribution >= 4 is 22.6 Å². The van der Waals surface area contributed by atoms with E-state index in [0.717, 1.165) is 32.8 Å². The molecule has 0 spiro atoms. The maximum Gasteiger partial charge on any atom is 0.268 e. The van der Waals surface area contributed by atoms with Gasteiger partial charge in [-0.25, -0.2) is 4.98 Å². The summed E-state index contributed by atoms with van der Waals surface area (Å²) in [6, 6.07) is 7.08. The first-order chi connectivity index (χ1) is 14.7. The maximum absolute atomic E-state index is 13.0. The number of methoxy groups -OCH3 is 1. The molecular weight excluding hydrogens is 386 g/mol. The van der Waals surface area contributed by atoms with Crippen LogP contribution >= 0.6 is 0 Å². The van der Waals surface area contributed by atoms with Gasteiger partial charge in [-0.1, -0.05) is 6.07 Å². The lowest BCUT2D eigenvalue weighted by atomic mass is 10.3. The number of morpholine rings is 1. The van der Waals surface area contributed by atoms with Gasteiger partial charge in [0.1, 0.15) is 30.1 Å². The fourth-order valence-corrected chi connectivity index (χ4v) is 3.89. The molecule has 1 amide bonds. The lowest BCUT2D eigenvalue weighted by Crippen LogP contribution is -3.14.